The Hall–Kier alpha value is -2.99. The summed E-state index contributed by atoms with van der Waals surface area (Å²) in [6, 6.07) is 15.1. The highest BCUT2D eigenvalue weighted by molar-refractivity contribution is 9.10. The highest BCUT2D eigenvalue weighted by Crippen LogP contribution is 2.35. The molecule has 2 heterocycles. The van der Waals surface area contributed by atoms with Crippen molar-refractivity contribution in [2.45, 2.75) is 25.0 Å². The van der Waals surface area contributed by atoms with Crippen LogP contribution >= 0.6 is 15.9 Å². The molecule has 3 atom stereocenters. The second-order valence-corrected chi connectivity index (χ2v) is 9.78. The van der Waals surface area contributed by atoms with Gasteiger partial charge in [-0.3, -0.25) is 10.2 Å². The van der Waals surface area contributed by atoms with Crippen molar-refractivity contribution >= 4 is 27.8 Å². The summed E-state index contributed by atoms with van der Waals surface area (Å²) in [5.41, 5.74) is 1.68. The van der Waals surface area contributed by atoms with Gasteiger partial charge in [0, 0.05) is 32.7 Å². The number of methoxy groups -OCH3 is 1. The number of nitrogens with one attached hydrogen (secondary N) is 2. The number of rotatable bonds is 10. The van der Waals surface area contributed by atoms with Gasteiger partial charge in [-0.1, -0.05) is 30.3 Å². The molecule has 3 N–H and O–H groups in total. The molecule has 2 amide bonds. The smallest absolute Gasteiger partial charge is 0.320 e. The van der Waals surface area contributed by atoms with Gasteiger partial charge in [-0.15, -0.1) is 5.10 Å². The molecule has 0 bridgehead atoms. The van der Waals surface area contributed by atoms with Gasteiger partial charge in [0.2, 0.25) is 5.88 Å². The molecule has 1 aromatic heterocycles. The number of aliphatic hydroxyl groups excluding tert-OH is 1. The van der Waals surface area contributed by atoms with Gasteiger partial charge < -0.3 is 19.9 Å². The number of likely N-dealkylation sites (tertiary alicyclic amines) is 1. The number of aliphatic hydroxyl groups is 1. The third-order valence-corrected chi connectivity index (χ3v) is 6.83. The molecule has 11 heteroatoms. The first-order valence-corrected chi connectivity index (χ1v) is 12.8. The molecule has 1 saturated heterocycles. The minimum Gasteiger partial charge on any atom is -0.473 e. The first-order valence-electron chi connectivity index (χ1n) is 12.0. The molecule has 4 rings (SSSR count). The van der Waals surface area contributed by atoms with Gasteiger partial charge in [0.1, 0.15) is 16.9 Å². The van der Waals surface area contributed by atoms with Crippen LogP contribution in [0.3, 0.4) is 0 Å². The number of carbonyl (C=O) groups excluding carboxylic acids is 1. The lowest BCUT2D eigenvalue weighted by atomic mass is 9.94. The number of benzene rings is 2. The number of halogens is 2. The molecule has 0 saturated carbocycles. The van der Waals surface area contributed by atoms with Crippen molar-refractivity contribution in [3.63, 3.8) is 0 Å². The number of para-hydroxylation sites is 1. The Bertz CT molecular complexity index is 1180. The van der Waals surface area contributed by atoms with Gasteiger partial charge in [0.05, 0.1) is 24.4 Å². The van der Waals surface area contributed by atoms with Crippen LogP contribution in [0.15, 0.2) is 59.1 Å². The van der Waals surface area contributed by atoms with E-state index in [1.165, 1.54) is 12.1 Å². The predicted octanol–water partition coefficient (Wildman–Crippen LogP) is 3.77. The Morgan fingerprint density at radius 1 is 1.22 bits per heavy atom. The normalized spacial score (nSPS) is 18.5. The van der Waals surface area contributed by atoms with Crippen LogP contribution in [0.5, 0.6) is 5.88 Å². The van der Waals surface area contributed by atoms with Crippen LogP contribution in [0.4, 0.5) is 15.0 Å². The van der Waals surface area contributed by atoms with Crippen LogP contribution in [0, 0.1) is 5.82 Å². The summed E-state index contributed by atoms with van der Waals surface area (Å²) in [5, 5.41) is 20.1. The Morgan fingerprint density at radius 3 is 2.62 bits per heavy atom. The Labute approximate surface area is 223 Å². The molecule has 0 unspecified atom stereocenters. The van der Waals surface area contributed by atoms with Crippen LogP contribution in [0.25, 0.3) is 5.69 Å². The molecule has 198 valence electrons. The van der Waals surface area contributed by atoms with Crippen molar-refractivity contribution < 1.29 is 23.8 Å². The lowest BCUT2D eigenvalue weighted by molar-refractivity contribution is 0.119. The SMILES string of the molecule is COCCN1C[C@@H](NC(=O)Nc2c(Br)c(OC[C@@H](C)O)nn2-c2ccccc2)[C@H](c2ccc(F)cc2)C1. The quantitative estimate of drug-likeness (QED) is 0.340. The number of carbonyl (C=O) groups is 1. The van der Waals surface area contributed by atoms with Crippen molar-refractivity contribution in [1.29, 1.82) is 0 Å². The highest BCUT2D eigenvalue weighted by atomic mass is 79.9. The molecule has 0 aliphatic carbocycles. The van der Waals surface area contributed by atoms with E-state index in [0.717, 1.165) is 17.8 Å². The summed E-state index contributed by atoms with van der Waals surface area (Å²) in [6.07, 6.45) is -0.680. The molecule has 0 spiro atoms. The molecular formula is C26H31BrFN5O4. The fraction of sp³-hybridized carbons (Fsp3) is 0.385. The van der Waals surface area contributed by atoms with Crippen molar-refractivity contribution in [2.24, 2.45) is 0 Å². The maximum absolute atomic E-state index is 13.5. The number of ether oxygens (including phenoxy) is 2. The lowest BCUT2D eigenvalue weighted by Gasteiger charge is -2.21. The van der Waals surface area contributed by atoms with Crippen molar-refractivity contribution in [3.05, 3.63) is 70.5 Å². The zero-order valence-corrected chi connectivity index (χ0v) is 22.3. The van der Waals surface area contributed by atoms with E-state index < -0.39 is 12.1 Å². The third kappa shape index (κ3) is 6.86. The maximum Gasteiger partial charge on any atom is 0.320 e. The molecule has 1 fully saturated rings. The van der Waals surface area contributed by atoms with Gasteiger partial charge in [0.25, 0.3) is 0 Å². The molecule has 9 nitrogen and oxygen atoms in total. The zero-order valence-electron chi connectivity index (χ0n) is 20.7. The number of nitrogens with zero attached hydrogens (tertiary/aromatic N) is 3. The summed E-state index contributed by atoms with van der Waals surface area (Å²) in [4.78, 5) is 15.5. The van der Waals surface area contributed by atoms with E-state index in [2.05, 4.69) is 36.6 Å². The zero-order chi connectivity index (χ0) is 26.4. The average molecular weight is 576 g/mol. The van der Waals surface area contributed by atoms with Crippen LogP contribution < -0.4 is 15.4 Å². The Kier molecular flexibility index (Phi) is 9.14. The van der Waals surface area contributed by atoms with Crippen molar-refractivity contribution in [3.8, 4) is 11.6 Å². The molecule has 1 aliphatic heterocycles. The monoisotopic (exact) mass is 575 g/mol. The number of anilines is 1. The van der Waals surface area contributed by atoms with E-state index >= 15 is 0 Å². The van der Waals surface area contributed by atoms with Gasteiger partial charge in [-0.2, -0.15) is 0 Å². The summed E-state index contributed by atoms with van der Waals surface area (Å²) < 4.78 is 26.4. The van der Waals surface area contributed by atoms with Crippen LogP contribution in [-0.4, -0.2) is 77.9 Å². The number of hydrogen-bond acceptors (Lipinski definition) is 6. The first-order chi connectivity index (χ1) is 17.9. The summed E-state index contributed by atoms with van der Waals surface area (Å²) in [6.45, 7) is 4.31. The first kappa shape index (κ1) is 27.1. The molecule has 1 aliphatic rings. The lowest BCUT2D eigenvalue weighted by Crippen LogP contribution is -2.42. The van der Waals surface area contributed by atoms with Crippen LogP contribution in [-0.2, 0) is 4.74 Å². The predicted molar refractivity (Wildman–Crippen MR) is 142 cm³/mol. The molecular weight excluding hydrogens is 545 g/mol. The molecule has 2 aromatic carbocycles. The van der Waals surface area contributed by atoms with E-state index in [0.29, 0.717) is 30.0 Å². The number of aromatic nitrogens is 2. The van der Waals surface area contributed by atoms with E-state index in [4.69, 9.17) is 9.47 Å². The largest absolute Gasteiger partial charge is 0.473 e. The maximum atomic E-state index is 13.5. The van der Waals surface area contributed by atoms with Crippen molar-refractivity contribution in [1.82, 2.24) is 20.0 Å². The van der Waals surface area contributed by atoms with Crippen LogP contribution in [0.1, 0.15) is 18.4 Å². The molecule has 3 aromatic rings. The number of hydrogen-bond donors (Lipinski definition) is 3. The fourth-order valence-corrected chi connectivity index (χ4v) is 4.79. The van der Waals surface area contributed by atoms with Crippen molar-refractivity contribution in [2.75, 3.05) is 45.3 Å². The van der Waals surface area contributed by atoms with Gasteiger partial charge in [0.15, 0.2) is 5.82 Å². The Morgan fingerprint density at radius 2 is 1.95 bits per heavy atom. The van der Waals surface area contributed by atoms with E-state index in [1.807, 2.05) is 30.3 Å². The third-order valence-electron chi connectivity index (χ3n) is 6.11. The number of urea groups is 1. The standard InChI is InChI=1S/C26H31BrFN5O4/c1-17(34)16-37-25-23(27)24(33(31-25)20-6-4-3-5-7-20)30-26(35)29-22-15-32(12-13-36-2)14-21(22)18-8-10-19(28)11-9-18/h3-11,17,21-22,34H,12-16H2,1-2H3,(H2,29,30,35)/t17-,21+,22-/m1/s1. The average Bonchev–Trinajstić information content (AvgIpc) is 3.43. The van der Waals surface area contributed by atoms with Gasteiger partial charge >= 0.3 is 6.03 Å². The minimum absolute atomic E-state index is 0.0179. The minimum atomic E-state index is -0.680. The molecule has 0 radical (unpaired) electrons. The van der Waals surface area contributed by atoms with E-state index in [-0.39, 0.29) is 30.3 Å². The molecule has 37 heavy (non-hydrogen) atoms. The van der Waals surface area contributed by atoms with E-state index in [1.54, 1.807) is 30.8 Å². The van der Waals surface area contributed by atoms with E-state index in [9.17, 15) is 14.3 Å². The summed E-state index contributed by atoms with van der Waals surface area (Å²) >= 11 is 3.49. The topological polar surface area (TPSA) is 101 Å². The van der Waals surface area contributed by atoms with Gasteiger partial charge in [-0.25, -0.2) is 13.9 Å². The number of amides is 2. The summed E-state index contributed by atoms with van der Waals surface area (Å²) in [5.74, 6) is 0.316. The van der Waals surface area contributed by atoms with Crippen LogP contribution in [0.2, 0.25) is 0 Å². The Balaban J connectivity index is 1.55. The summed E-state index contributed by atoms with van der Waals surface area (Å²) in [7, 11) is 1.66. The second kappa shape index (κ2) is 12.5. The van der Waals surface area contributed by atoms with Gasteiger partial charge in [-0.05, 0) is 52.7 Å². The highest BCUT2D eigenvalue weighted by Gasteiger charge is 2.35. The second-order valence-electron chi connectivity index (χ2n) is 8.99. The fourth-order valence-electron chi connectivity index (χ4n) is 4.33.